The van der Waals surface area contributed by atoms with E-state index in [1.807, 2.05) is 0 Å². The van der Waals surface area contributed by atoms with Gasteiger partial charge in [-0.25, -0.2) is 13.8 Å². The minimum atomic E-state index is -3.22. The number of hydrazone groups is 1. The van der Waals surface area contributed by atoms with E-state index in [1.54, 1.807) is 5.01 Å². The van der Waals surface area contributed by atoms with Gasteiger partial charge in [-0.05, 0) is 24.3 Å². The summed E-state index contributed by atoms with van der Waals surface area (Å²) in [4.78, 5) is 7.22. The van der Waals surface area contributed by atoms with Gasteiger partial charge in [0, 0.05) is 17.7 Å². The average molecular weight is 523 g/mol. The Hall–Kier alpha value is -4.49. The van der Waals surface area contributed by atoms with Crippen LogP contribution in [0.5, 0.6) is 11.5 Å². The van der Waals surface area contributed by atoms with E-state index < -0.39 is 30.6 Å². The van der Waals surface area contributed by atoms with Gasteiger partial charge in [0.15, 0.2) is 17.4 Å². The van der Waals surface area contributed by atoms with Gasteiger partial charge in [-0.1, -0.05) is 11.2 Å². The van der Waals surface area contributed by atoms with Crippen molar-refractivity contribution in [2.45, 2.75) is 26.3 Å². The van der Waals surface area contributed by atoms with Crippen LogP contribution in [0.1, 0.15) is 17.1 Å². The Labute approximate surface area is 204 Å². The van der Waals surface area contributed by atoms with Crippen molar-refractivity contribution in [2.24, 2.45) is 5.10 Å². The van der Waals surface area contributed by atoms with Crippen molar-refractivity contribution in [1.82, 2.24) is 20.1 Å². The first-order chi connectivity index (χ1) is 17.8. The molecule has 0 saturated carbocycles. The zero-order valence-corrected chi connectivity index (χ0v) is 18.5. The maximum atomic E-state index is 14.1. The molecule has 1 aliphatic heterocycles. The second-order valence-corrected chi connectivity index (χ2v) is 7.71. The first-order valence-corrected chi connectivity index (χ1v) is 10.6. The number of H-pyrrole nitrogens is 1. The van der Waals surface area contributed by atoms with Gasteiger partial charge in [0.1, 0.15) is 28.7 Å². The molecule has 37 heavy (non-hydrogen) atoms. The Balaban J connectivity index is 1.32. The summed E-state index contributed by atoms with van der Waals surface area (Å²) in [6.45, 7) is -6.05. The van der Waals surface area contributed by atoms with Gasteiger partial charge < -0.3 is 19.0 Å². The molecule has 0 unspecified atom stereocenters. The van der Waals surface area contributed by atoms with Crippen LogP contribution in [0.2, 0.25) is 0 Å². The van der Waals surface area contributed by atoms with E-state index in [0.29, 0.717) is 17.1 Å². The number of hydrogen-bond donors (Lipinski definition) is 1. The number of halogens is 6. The molecule has 0 aliphatic carbocycles. The summed E-state index contributed by atoms with van der Waals surface area (Å²) in [5, 5.41) is 9.66. The standard InChI is InChI=1S/C23H15F6N5O3/c24-15-3-1-2-14(20(15)25)21-31-17-8-30-34(10-18(17)32-21)9-12-6-16(33-37-12)13-5-4-11(35-22(26)27)7-19(13)36-23(28)29/h1-8,22-23H,9-10H2,(H,31,32). The normalized spacial score (nSPS) is 12.9. The number of nitrogens with zero attached hydrogens (tertiary/aromatic N) is 4. The van der Waals surface area contributed by atoms with E-state index in [9.17, 15) is 26.3 Å². The number of hydrogen-bond acceptors (Lipinski definition) is 7. The fourth-order valence-electron chi connectivity index (χ4n) is 3.70. The third kappa shape index (κ3) is 5.22. The zero-order chi connectivity index (χ0) is 26.1. The van der Waals surface area contributed by atoms with E-state index in [0.717, 1.165) is 18.2 Å². The molecule has 192 valence electrons. The van der Waals surface area contributed by atoms with Crippen LogP contribution >= 0.6 is 0 Å². The number of imidazole rings is 1. The molecule has 5 rings (SSSR count). The van der Waals surface area contributed by atoms with Crippen LogP contribution in [-0.2, 0) is 13.1 Å². The van der Waals surface area contributed by atoms with Crippen molar-refractivity contribution in [3.63, 3.8) is 0 Å². The third-order valence-electron chi connectivity index (χ3n) is 5.27. The van der Waals surface area contributed by atoms with E-state index in [-0.39, 0.29) is 41.5 Å². The van der Waals surface area contributed by atoms with Gasteiger partial charge >= 0.3 is 13.2 Å². The van der Waals surface area contributed by atoms with Crippen molar-refractivity contribution in [3.05, 3.63) is 71.2 Å². The van der Waals surface area contributed by atoms with Gasteiger partial charge in [0.2, 0.25) is 0 Å². The fraction of sp³-hybridized carbons (Fsp3) is 0.174. The number of fused-ring (bicyclic) bond motifs is 1. The molecule has 2 aromatic heterocycles. The van der Waals surface area contributed by atoms with Gasteiger partial charge in [0.25, 0.3) is 0 Å². The summed E-state index contributed by atoms with van der Waals surface area (Å²) < 4.78 is 92.4. The van der Waals surface area contributed by atoms with Crippen LogP contribution in [0.15, 0.2) is 52.1 Å². The van der Waals surface area contributed by atoms with Gasteiger partial charge in [-0.15, -0.1) is 0 Å². The van der Waals surface area contributed by atoms with Crippen molar-refractivity contribution >= 4 is 6.21 Å². The zero-order valence-electron chi connectivity index (χ0n) is 18.5. The minimum absolute atomic E-state index is 0.0268. The molecule has 0 saturated heterocycles. The highest BCUT2D eigenvalue weighted by atomic mass is 19.3. The maximum Gasteiger partial charge on any atom is 0.387 e. The van der Waals surface area contributed by atoms with Crippen LogP contribution in [0.4, 0.5) is 26.3 Å². The van der Waals surface area contributed by atoms with Crippen LogP contribution < -0.4 is 9.47 Å². The van der Waals surface area contributed by atoms with Crippen molar-refractivity contribution in [3.8, 4) is 34.1 Å². The number of aromatic nitrogens is 3. The lowest BCUT2D eigenvalue weighted by molar-refractivity contribution is -0.0540. The summed E-state index contributed by atoms with van der Waals surface area (Å²) in [5.41, 5.74) is 1.20. The number of aromatic amines is 1. The molecule has 1 aliphatic rings. The first kappa shape index (κ1) is 24.2. The van der Waals surface area contributed by atoms with Gasteiger partial charge in [0.05, 0.1) is 30.6 Å². The molecule has 8 nitrogen and oxygen atoms in total. The van der Waals surface area contributed by atoms with Gasteiger partial charge in [-0.3, -0.25) is 5.01 Å². The SMILES string of the molecule is Fc1cccc(-c2nc3c([nH]2)CN(Cc2cc(-c4ccc(OC(F)F)cc4OC(F)F)no2)N=C3)c1F. The highest BCUT2D eigenvalue weighted by molar-refractivity contribution is 5.80. The quantitative estimate of drug-likeness (QED) is 0.304. The molecule has 0 radical (unpaired) electrons. The third-order valence-corrected chi connectivity index (χ3v) is 5.27. The number of ether oxygens (including phenoxy) is 2. The Kier molecular flexibility index (Phi) is 6.46. The largest absolute Gasteiger partial charge is 0.435 e. The summed E-state index contributed by atoms with van der Waals surface area (Å²) >= 11 is 0. The first-order valence-electron chi connectivity index (χ1n) is 10.6. The molecule has 0 atom stereocenters. The fourth-order valence-corrected chi connectivity index (χ4v) is 3.70. The minimum Gasteiger partial charge on any atom is -0.435 e. The van der Waals surface area contributed by atoms with E-state index >= 15 is 0 Å². The Morgan fingerprint density at radius 3 is 2.59 bits per heavy atom. The molecule has 1 N–H and O–H groups in total. The molecule has 0 spiro atoms. The Morgan fingerprint density at radius 1 is 1.00 bits per heavy atom. The van der Waals surface area contributed by atoms with E-state index in [2.05, 4.69) is 29.7 Å². The molecule has 0 fully saturated rings. The van der Waals surface area contributed by atoms with Crippen molar-refractivity contribution in [2.75, 3.05) is 0 Å². The molecule has 4 aromatic rings. The molecule has 2 aromatic carbocycles. The Morgan fingerprint density at radius 2 is 1.81 bits per heavy atom. The molecular weight excluding hydrogens is 508 g/mol. The molecule has 0 bridgehead atoms. The number of alkyl halides is 4. The second-order valence-electron chi connectivity index (χ2n) is 7.71. The van der Waals surface area contributed by atoms with E-state index in [4.69, 9.17) is 4.52 Å². The van der Waals surface area contributed by atoms with Crippen molar-refractivity contribution < 1.29 is 40.3 Å². The molecule has 3 heterocycles. The summed E-state index contributed by atoms with van der Waals surface area (Å²) in [6.07, 6.45) is 1.43. The van der Waals surface area contributed by atoms with Crippen LogP contribution in [0.3, 0.4) is 0 Å². The monoisotopic (exact) mass is 523 g/mol. The van der Waals surface area contributed by atoms with Crippen molar-refractivity contribution in [1.29, 1.82) is 0 Å². The number of nitrogens with one attached hydrogen (secondary N) is 1. The smallest absolute Gasteiger partial charge is 0.387 e. The number of rotatable bonds is 8. The van der Waals surface area contributed by atoms with Crippen LogP contribution in [0, 0.1) is 11.6 Å². The summed E-state index contributed by atoms with van der Waals surface area (Å²) in [5.74, 6) is -2.38. The van der Waals surface area contributed by atoms with Crippen LogP contribution in [-0.4, -0.2) is 39.6 Å². The van der Waals surface area contributed by atoms with E-state index in [1.165, 1.54) is 30.5 Å². The maximum absolute atomic E-state index is 14.1. The lowest BCUT2D eigenvalue weighted by Gasteiger charge is -2.19. The topological polar surface area (TPSA) is 88.8 Å². The lowest BCUT2D eigenvalue weighted by atomic mass is 10.1. The highest BCUT2D eigenvalue weighted by Crippen LogP contribution is 2.35. The molecule has 0 amide bonds. The highest BCUT2D eigenvalue weighted by Gasteiger charge is 2.22. The Bertz CT molecular complexity index is 1450. The summed E-state index contributed by atoms with van der Waals surface area (Å²) in [7, 11) is 0. The predicted octanol–water partition coefficient (Wildman–Crippen LogP) is 5.56. The van der Waals surface area contributed by atoms with Crippen LogP contribution in [0.25, 0.3) is 22.6 Å². The lowest BCUT2D eigenvalue weighted by Crippen LogP contribution is -2.21. The molecular formula is C23H15F6N5O3. The van der Waals surface area contributed by atoms with Gasteiger partial charge in [-0.2, -0.15) is 22.7 Å². The average Bonchev–Trinajstić information content (AvgIpc) is 3.47. The summed E-state index contributed by atoms with van der Waals surface area (Å²) in [6, 6.07) is 8.51. The predicted molar refractivity (Wildman–Crippen MR) is 116 cm³/mol. The number of benzene rings is 2. The molecule has 14 heteroatoms. The second kappa shape index (κ2) is 9.87.